The van der Waals surface area contributed by atoms with Crippen LogP contribution in [-0.4, -0.2) is 32.7 Å². The van der Waals surface area contributed by atoms with Crippen molar-refractivity contribution in [2.45, 2.75) is 38.8 Å². The fraction of sp³-hybridized carbons (Fsp3) is 0.273. The van der Waals surface area contributed by atoms with Gasteiger partial charge in [0.15, 0.2) is 0 Å². The topological polar surface area (TPSA) is 113 Å². The van der Waals surface area contributed by atoms with Gasteiger partial charge in [0.2, 0.25) is 0 Å². The van der Waals surface area contributed by atoms with Crippen LogP contribution in [0, 0.1) is 0 Å². The SMILES string of the molecule is CC(C)(C)OC(=O)N[C@H](CC(=O)O)c1ccc(Nc2nccc3cnccc23)cc1. The number of amides is 1. The molecule has 0 aliphatic heterocycles. The third kappa shape index (κ3) is 5.66. The highest BCUT2D eigenvalue weighted by molar-refractivity contribution is 5.92. The van der Waals surface area contributed by atoms with E-state index >= 15 is 0 Å². The molecule has 156 valence electrons. The summed E-state index contributed by atoms with van der Waals surface area (Å²) in [6.07, 6.45) is 4.25. The zero-order chi connectivity index (χ0) is 21.7. The van der Waals surface area contributed by atoms with Gasteiger partial charge < -0.3 is 20.5 Å². The Morgan fingerprint density at radius 1 is 1.10 bits per heavy atom. The van der Waals surface area contributed by atoms with Crippen LogP contribution in [0.3, 0.4) is 0 Å². The van der Waals surface area contributed by atoms with Gasteiger partial charge in [-0.3, -0.25) is 9.78 Å². The zero-order valence-electron chi connectivity index (χ0n) is 17.0. The van der Waals surface area contributed by atoms with Gasteiger partial charge in [-0.25, -0.2) is 9.78 Å². The second kappa shape index (κ2) is 8.77. The molecular weight excluding hydrogens is 384 g/mol. The summed E-state index contributed by atoms with van der Waals surface area (Å²) in [4.78, 5) is 31.9. The molecule has 8 heteroatoms. The minimum atomic E-state index is -1.02. The lowest BCUT2D eigenvalue weighted by Gasteiger charge is -2.23. The number of aliphatic carboxylic acids is 1. The molecule has 0 saturated heterocycles. The second-order valence-corrected chi connectivity index (χ2v) is 7.80. The van der Waals surface area contributed by atoms with Crippen LogP contribution in [-0.2, 0) is 9.53 Å². The number of alkyl carbamates (subject to hydrolysis) is 1. The van der Waals surface area contributed by atoms with Gasteiger partial charge in [-0.15, -0.1) is 0 Å². The number of nitrogens with one attached hydrogen (secondary N) is 2. The van der Waals surface area contributed by atoms with Crippen LogP contribution in [0.25, 0.3) is 10.8 Å². The molecule has 0 spiro atoms. The molecule has 1 aromatic carbocycles. The van der Waals surface area contributed by atoms with Crippen LogP contribution in [0.15, 0.2) is 55.0 Å². The lowest BCUT2D eigenvalue weighted by molar-refractivity contribution is -0.137. The van der Waals surface area contributed by atoms with Gasteiger partial charge in [0.1, 0.15) is 11.4 Å². The van der Waals surface area contributed by atoms with E-state index in [4.69, 9.17) is 4.74 Å². The van der Waals surface area contributed by atoms with Gasteiger partial charge in [0.05, 0.1) is 12.5 Å². The van der Waals surface area contributed by atoms with E-state index in [0.717, 1.165) is 16.5 Å². The lowest BCUT2D eigenvalue weighted by atomic mass is 10.0. The molecule has 1 atom stereocenters. The monoisotopic (exact) mass is 408 g/mol. The van der Waals surface area contributed by atoms with Crippen LogP contribution in [0.5, 0.6) is 0 Å². The largest absolute Gasteiger partial charge is 0.481 e. The first kappa shape index (κ1) is 21.0. The zero-order valence-corrected chi connectivity index (χ0v) is 17.0. The minimum absolute atomic E-state index is 0.260. The van der Waals surface area contributed by atoms with Crippen LogP contribution in [0.1, 0.15) is 38.8 Å². The normalized spacial score (nSPS) is 12.2. The van der Waals surface area contributed by atoms with Crippen molar-refractivity contribution in [3.63, 3.8) is 0 Å². The van der Waals surface area contributed by atoms with Crippen LogP contribution in [0.2, 0.25) is 0 Å². The molecule has 3 aromatic rings. The van der Waals surface area contributed by atoms with Crippen molar-refractivity contribution >= 4 is 34.3 Å². The third-order valence-corrected chi connectivity index (χ3v) is 4.21. The van der Waals surface area contributed by atoms with E-state index in [1.807, 2.05) is 24.3 Å². The summed E-state index contributed by atoms with van der Waals surface area (Å²) in [5, 5.41) is 17.0. The highest BCUT2D eigenvalue weighted by Gasteiger charge is 2.22. The number of ether oxygens (including phenoxy) is 1. The van der Waals surface area contributed by atoms with E-state index in [1.165, 1.54) is 0 Å². The van der Waals surface area contributed by atoms with Gasteiger partial charge in [0.25, 0.3) is 0 Å². The lowest BCUT2D eigenvalue weighted by Crippen LogP contribution is -2.35. The van der Waals surface area contributed by atoms with Gasteiger partial charge in [-0.1, -0.05) is 12.1 Å². The van der Waals surface area contributed by atoms with Crippen molar-refractivity contribution in [1.29, 1.82) is 0 Å². The molecule has 2 heterocycles. The Morgan fingerprint density at radius 2 is 1.83 bits per heavy atom. The number of pyridine rings is 2. The number of benzene rings is 1. The number of rotatable bonds is 6. The Bertz CT molecular complexity index is 1040. The molecule has 30 heavy (non-hydrogen) atoms. The summed E-state index contributed by atoms with van der Waals surface area (Å²) in [5.74, 6) is -0.330. The van der Waals surface area contributed by atoms with Gasteiger partial charge >= 0.3 is 12.1 Å². The Kier molecular flexibility index (Phi) is 6.15. The molecule has 0 aliphatic carbocycles. The fourth-order valence-corrected chi connectivity index (χ4v) is 2.93. The maximum absolute atomic E-state index is 12.1. The van der Waals surface area contributed by atoms with Crippen LogP contribution in [0.4, 0.5) is 16.3 Å². The second-order valence-electron chi connectivity index (χ2n) is 7.80. The standard InChI is InChI=1S/C22H24N4O4/c1-22(2,3)30-21(29)26-18(12-19(27)28)14-4-6-16(7-5-14)25-20-17-9-10-23-13-15(17)8-11-24-20/h4-11,13,18H,12H2,1-3H3,(H,24,25)(H,26,29)(H,27,28)/t18-/m1/s1. The summed E-state index contributed by atoms with van der Waals surface area (Å²) in [5.41, 5.74) is 0.762. The average molecular weight is 408 g/mol. The number of nitrogens with zero attached hydrogens (tertiary/aromatic N) is 2. The highest BCUT2D eigenvalue weighted by Crippen LogP contribution is 2.25. The number of carbonyl (C=O) groups excluding carboxylic acids is 1. The van der Waals surface area contributed by atoms with Gasteiger partial charge in [-0.05, 0) is 50.6 Å². The molecule has 1 amide bonds. The summed E-state index contributed by atoms with van der Waals surface area (Å²) >= 11 is 0. The van der Waals surface area contributed by atoms with Crippen molar-refractivity contribution in [1.82, 2.24) is 15.3 Å². The number of carboxylic acid groups (broad SMARTS) is 1. The quantitative estimate of drug-likeness (QED) is 0.553. The minimum Gasteiger partial charge on any atom is -0.481 e. The highest BCUT2D eigenvalue weighted by atomic mass is 16.6. The van der Waals surface area contributed by atoms with E-state index in [1.54, 1.807) is 51.5 Å². The van der Waals surface area contributed by atoms with Crippen LogP contribution >= 0.6 is 0 Å². The first-order valence-corrected chi connectivity index (χ1v) is 9.48. The summed E-state index contributed by atoms with van der Waals surface area (Å²) < 4.78 is 5.25. The maximum atomic E-state index is 12.1. The van der Waals surface area contributed by atoms with Crippen molar-refractivity contribution in [2.24, 2.45) is 0 Å². The predicted molar refractivity (Wildman–Crippen MR) is 114 cm³/mol. The Hall–Kier alpha value is -3.68. The van der Waals surface area contributed by atoms with Crippen molar-refractivity contribution in [3.05, 3.63) is 60.6 Å². The number of carboxylic acids is 1. The smallest absolute Gasteiger partial charge is 0.408 e. The molecule has 0 aliphatic rings. The van der Waals surface area contributed by atoms with Gasteiger partial charge in [-0.2, -0.15) is 0 Å². The first-order valence-electron chi connectivity index (χ1n) is 9.48. The molecule has 0 bridgehead atoms. The molecule has 0 unspecified atom stereocenters. The number of aromatic nitrogens is 2. The fourth-order valence-electron chi connectivity index (χ4n) is 2.93. The molecule has 3 N–H and O–H groups in total. The molecule has 3 rings (SSSR count). The van der Waals surface area contributed by atoms with Crippen LogP contribution < -0.4 is 10.6 Å². The van der Waals surface area contributed by atoms with E-state index in [9.17, 15) is 14.7 Å². The number of hydrogen-bond donors (Lipinski definition) is 3. The molecule has 2 aromatic heterocycles. The Morgan fingerprint density at radius 3 is 2.50 bits per heavy atom. The number of fused-ring (bicyclic) bond motifs is 1. The van der Waals surface area contributed by atoms with E-state index in [-0.39, 0.29) is 6.42 Å². The predicted octanol–water partition coefficient (Wildman–Crippen LogP) is 4.41. The first-order chi connectivity index (χ1) is 14.2. The van der Waals surface area contributed by atoms with Gasteiger partial charge in [0, 0.05) is 35.1 Å². The molecular formula is C22H24N4O4. The van der Waals surface area contributed by atoms with Crippen molar-refractivity contribution in [2.75, 3.05) is 5.32 Å². The average Bonchev–Trinajstić information content (AvgIpc) is 2.66. The molecule has 8 nitrogen and oxygen atoms in total. The van der Waals surface area contributed by atoms with Crippen molar-refractivity contribution < 1.29 is 19.4 Å². The van der Waals surface area contributed by atoms with E-state index < -0.39 is 23.7 Å². The maximum Gasteiger partial charge on any atom is 0.408 e. The summed E-state index contributed by atoms with van der Waals surface area (Å²) in [7, 11) is 0. The Labute approximate surface area is 174 Å². The van der Waals surface area contributed by atoms with E-state index in [0.29, 0.717) is 11.4 Å². The summed E-state index contributed by atoms with van der Waals surface area (Å²) in [6, 6.07) is 10.2. The third-order valence-electron chi connectivity index (χ3n) is 4.21. The molecule has 0 saturated carbocycles. The van der Waals surface area contributed by atoms with Crippen molar-refractivity contribution in [3.8, 4) is 0 Å². The number of hydrogen-bond acceptors (Lipinski definition) is 6. The number of anilines is 2. The number of carbonyl (C=O) groups is 2. The summed E-state index contributed by atoms with van der Waals surface area (Å²) in [6.45, 7) is 5.24. The van der Waals surface area contributed by atoms with E-state index in [2.05, 4.69) is 20.6 Å². The molecule has 0 radical (unpaired) electrons. The molecule has 0 fully saturated rings. The Balaban J connectivity index is 1.77.